The normalized spacial score (nSPS) is 14.6. The zero-order chi connectivity index (χ0) is 108. The Morgan fingerprint density at radius 3 is 1.01 bits per heavy atom. The van der Waals surface area contributed by atoms with Crippen molar-refractivity contribution >= 4 is 29.8 Å². The van der Waals surface area contributed by atoms with Crippen LogP contribution in [0.3, 0.4) is 0 Å². The Labute approximate surface area is 879 Å². The van der Waals surface area contributed by atoms with Crippen molar-refractivity contribution in [2.75, 3.05) is 40.1 Å². The third kappa shape index (κ3) is 28.9. The minimum atomic E-state index is -1.13. The Morgan fingerprint density at radius 2 is 0.653 bits per heavy atom. The number of nitrogens with zero attached hydrogens (tertiary/aromatic N) is 3. The molecule has 5 unspecified atom stereocenters. The second kappa shape index (κ2) is 48.6. The molecule has 0 spiro atoms. The third-order valence-electron chi connectivity index (χ3n) is 25.7. The summed E-state index contributed by atoms with van der Waals surface area (Å²) in [5, 5.41) is 63.9. The maximum Gasteiger partial charge on any atom is 0.337 e. The molecule has 5 aliphatic rings. The SMILES string of the molecule is CC(C)(C)OC(C(=O)O)c1ccc(-c2cccc(-c3cccnc3)c2)cc1-c1ccc2c(c1)CCCO2.CC(C)(C)OC(C(=O)O)c1cccc(CO)c1-c1ccc2c(c1)CCCO2.COCc1cccc(C(OC(C)(C)C)C(=O)O)c1-c1ccc2c(c1)CCCO2.Cc1ccc(C)c(C(OC(C)(C)C)C(=O)O)c1-c1ccc2c(c1)CCCO2.Cn1cc(-c2ccc(C(OC(C)(C)C)C(=O)O)c(-c3ccc4c(c3)CCCO4)c2)cn1. The average Bonchev–Trinajstić information content (AvgIpc) is 1.27. The second-order valence-electron chi connectivity index (χ2n) is 43.3. The van der Waals surface area contributed by atoms with E-state index in [1.54, 1.807) is 36.3 Å². The van der Waals surface area contributed by atoms with Crippen LogP contribution in [0.25, 0.3) is 89.0 Å². The van der Waals surface area contributed by atoms with E-state index in [1.165, 1.54) is 5.56 Å². The largest absolute Gasteiger partial charge is 0.493 e. The highest BCUT2D eigenvalue weighted by molar-refractivity contribution is 5.89. The van der Waals surface area contributed by atoms with Gasteiger partial charge in [-0.1, -0.05) is 127 Å². The van der Waals surface area contributed by atoms with Gasteiger partial charge < -0.3 is 82.7 Å². The van der Waals surface area contributed by atoms with Crippen LogP contribution in [0.15, 0.2) is 237 Å². The first-order valence-corrected chi connectivity index (χ1v) is 51.3. The first kappa shape index (κ1) is 111. The third-order valence-corrected chi connectivity index (χ3v) is 25.7. The van der Waals surface area contributed by atoms with Gasteiger partial charge in [-0.15, -0.1) is 0 Å². The van der Waals surface area contributed by atoms with Gasteiger partial charge in [0.2, 0.25) is 0 Å². The van der Waals surface area contributed by atoms with E-state index < -0.39 is 88.4 Å². The van der Waals surface area contributed by atoms with Gasteiger partial charge in [0.15, 0.2) is 30.5 Å². The van der Waals surface area contributed by atoms with Gasteiger partial charge in [-0.2, -0.15) is 5.10 Å². The van der Waals surface area contributed by atoms with Gasteiger partial charge >= 0.3 is 29.8 Å². The van der Waals surface area contributed by atoms with E-state index in [9.17, 15) is 54.6 Å². The number of rotatable bonds is 26. The molecule has 6 N–H and O–H groups in total. The molecule has 13 aromatic rings. The van der Waals surface area contributed by atoms with Gasteiger partial charge in [-0.3, -0.25) is 9.67 Å². The summed E-state index contributed by atoms with van der Waals surface area (Å²) in [5.41, 5.74) is 24.4. The smallest absolute Gasteiger partial charge is 0.337 e. The van der Waals surface area contributed by atoms with Gasteiger partial charge in [0, 0.05) is 60.6 Å². The van der Waals surface area contributed by atoms with Crippen LogP contribution >= 0.6 is 0 Å². The summed E-state index contributed by atoms with van der Waals surface area (Å²) in [6, 6.07) is 69.3. The van der Waals surface area contributed by atoms with Crippen LogP contribution < -0.4 is 23.7 Å². The molecule has 0 amide bonds. The van der Waals surface area contributed by atoms with E-state index in [-0.39, 0.29) is 6.61 Å². The number of aliphatic hydroxyl groups excluding tert-OH is 1. The number of hydrogen-bond acceptors (Lipinski definition) is 19. The number of carboxylic acid groups (broad SMARTS) is 5. The summed E-state index contributed by atoms with van der Waals surface area (Å²) < 4.78 is 65.6. The van der Waals surface area contributed by atoms with Crippen molar-refractivity contribution in [3.8, 4) is 118 Å². The van der Waals surface area contributed by atoms with Crippen LogP contribution in [-0.4, -0.2) is 143 Å². The molecular weight excluding hydrogens is 1900 g/mol. The second-order valence-corrected chi connectivity index (χ2v) is 43.3. The first-order valence-electron chi connectivity index (χ1n) is 51.3. The number of fused-ring (bicyclic) bond motifs is 5. The number of aliphatic carboxylic acids is 5. The summed E-state index contributed by atoms with van der Waals surface area (Å²) in [6.07, 6.45) is 11.6. The van der Waals surface area contributed by atoms with Crippen LogP contribution in [0.5, 0.6) is 28.7 Å². The molecule has 0 saturated carbocycles. The number of carbonyl (C=O) groups is 5. The first-order chi connectivity index (χ1) is 71.3. The lowest BCUT2D eigenvalue weighted by molar-refractivity contribution is -0.161. The molecule has 5 aliphatic heterocycles. The minimum Gasteiger partial charge on any atom is -0.493 e. The molecule has 25 heteroatoms. The number of aryl methyl sites for hydroxylation is 8. The molecule has 0 saturated heterocycles. The summed E-state index contributed by atoms with van der Waals surface area (Å²) in [6.45, 7) is 35.7. The van der Waals surface area contributed by atoms with E-state index in [1.807, 2.05) is 289 Å². The number of aromatic nitrogens is 3. The lowest BCUT2D eigenvalue weighted by atomic mass is 9.87. The zero-order valence-corrected chi connectivity index (χ0v) is 89.5. The van der Waals surface area contributed by atoms with Crippen molar-refractivity contribution < 1.29 is 107 Å². The molecule has 0 radical (unpaired) electrons. The standard InChI is InChI=1S/C32H31NO4.C25H28N2O4.C23H28O5.C23H28O4.C22H26O5/c1-32(2,3)37-30(31(34)35)27-13-11-23(21-7-4-8-22(17-21)26-9-5-15-33-20-26)19-28(27)24-12-14-29-25(18-24)10-6-16-36-29;1-25(2,3)31-23(24(28)29)20-9-7-16(19-14-26-27(4)15-19)13-21(20)17-8-10-22-18(12-17)6-5-11-30-22;1-23(2,3)28-21(22(24)25)18-9-5-7-17(14-26-4)20(18)16-10-11-19-15(13-16)8-6-12-27-19;1-14-8-9-15(2)20(21(22(24)25)27-23(3,4)5)19(14)17-10-11-18-16(13-17)7-6-12-26-18;1-22(2,3)27-20(21(24)25)17-8-4-6-16(13-23)19(17)15-9-10-18-14(12-15)7-5-11-26-18/h4-5,7-9,11-15,17-20,30H,6,10,16H2,1-3H3,(H,34,35);7-10,12-15,23H,5-6,11H2,1-4H3,(H,28,29);5,7,9-11,13,21H,6,8,12,14H2,1-4H3,(H,24,25);8-11,13,21H,6-7,12H2,1-5H3,(H,24,25);4,6,8-10,12,20,23H,5,7,11,13H2,1-3H3,(H,24,25). The predicted molar refractivity (Wildman–Crippen MR) is 582 cm³/mol. The Balaban J connectivity index is 0.000000148. The molecule has 150 heavy (non-hydrogen) atoms. The predicted octanol–water partition coefficient (Wildman–Crippen LogP) is 26.5. The Bertz CT molecular complexity index is 6980. The van der Waals surface area contributed by atoms with Gasteiger partial charge in [-0.05, 0) is 406 Å². The van der Waals surface area contributed by atoms with E-state index in [2.05, 4.69) is 58.6 Å². The van der Waals surface area contributed by atoms with E-state index in [0.717, 1.165) is 247 Å². The van der Waals surface area contributed by atoms with Crippen molar-refractivity contribution in [2.45, 2.75) is 254 Å². The lowest BCUT2D eigenvalue weighted by Gasteiger charge is -2.28. The fraction of sp³-hybridized carbons (Fsp3) is 0.368. The monoisotopic (exact) mass is 2040 g/mol. The minimum absolute atomic E-state index is 0.182. The summed E-state index contributed by atoms with van der Waals surface area (Å²) in [5.74, 6) is -0.544. The lowest BCUT2D eigenvalue weighted by Crippen LogP contribution is -2.28. The van der Waals surface area contributed by atoms with E-state index >= 15 is 0 Å². The topological polar surface area (TPSA) is 339 Å². The number of methoxy groups -OCH3 is 1. The maximum absolute atomic E-state index is 12.4. The molecule has 0 bridgehead atoms. The molecule has 0 fully saturated rings. The van der Waals surface area contributed by atoms with Crippen LogP contribution in [-0.2, 0) is 105 Å². The quantitative estimate of drug-likeness (QED) is 0.0293. The van der Waals surface area contributed by atoms with Crippen molar-refractivity contribution in [1.82, 2.24) is 14.8 Å². The number of hydrogen-bond donors (Lipinski definition) is 6. The fourth-order valence-electron chi connectivity index (χ4n) is 19.3. The van der Waals surface area contributed by atoms with Crippen LogP contribution in [0.4, 0.5) is 0 Å². The molecule has 0 aliphatic carbocycles. The van der Waals surface area contributed by atoms with Crippen LogP contribution in [0.1, 0.15) is 244 Å². The van der Waals surface area contributed by atoms with E-state index in [4.69, 9.17) is 52.1 Å². The Hall–Kier alpha value is -14.2. The van der Waals surface area contributed by atoms with Gasteiger partial charge in [0.25, 0.3) is 0 Å². The van der Waals surface area contributed by atoms with Crippen LogP contribution in [0, 0.1) is 13.8 Å². The van der Waals surface area contributed by atoms with Crippen molar-refractivity contribution in [3.63, 3.8) is 0 Å². The molecule has 11 aromatic carbocycles. The van der Waals surface area contributed by atoms with E-state index in [0.29, 0.717) is 46.6 Å². The molecule has 5 atom stereocenters. The van der Waals surface area contributed by atoms with Crippen molar-refractivity contribution in [2.24, 2.45) is 7.05 Å². The molecule has 788 valence electrons. The highest BCUT2D eigenvalue weighted by Crippen LogP contribution is 2.48. The fourth-order valence-corrected chi connectivity index (χ4v) is 19.3. The molecule has 18 rings (SSSR count). The Morgan fingerprint density at radius 1 is 0.333 bits per heavy atom. The van der Waals surface area contributed by atoms with Crippen LogP contribution in [0.2, 0.25) is 0 Å². The summed E-state index contributed by atoms with van der Waals surface area (Å²) in [7, 11) is 3.51. The summed E-state index contributed by atoms with van der Waals surface area (Å²) in [4.78, 5) is 65.0. The molecule has 25 nitrogen and oxygen atoms in total. The number of aliphatic hydroxyl groups is 1. The Kier molecular flexibility index (Phi) is 36.2. The zero-order valence-electron chi connectivity index (χ0n) is 89.5. The molecule has 2 aromatic heterocycles. The number of carboxylic acids is 5. The van der Waals surface area contributed by atoms with Gasteiger partial charge in [0.1, 0.15) is 28.7 Å². The van der Waals surface area contributed by atoms with Crippen molar-refractivity contribution in [1.29, 1.82) is 0 Å². The highest BCUT2D eigenvalue weighted by atomic mass is 16.6. The highest BCUT2D eigenvalue weighted by Gasteiger charge is 2.38. The van der Waals surface area contributed by atoms with Gasteiger partial charge in [0.05, 0.1) is 80.5 Å². The molecular formula is C125H141N3O22. The number of benzene rings is 11. The van der Waals surface area contributed by atoms with Gasteiger partial charge in [-0.25, -0.2) is 24.0 Å². The average molecular weight is 2040 g/mol. The van der Waals surface area contributed by atoms with Crippen molar-refractivity contribution in [3.05, 3.63) is 315 Å². The molecule has 7 heterocycles. The maximum atomic E-state index is 12.4. The number of ether oxygens (including phenoxy) is 11. The number of pyridine rings is 1. The summed E-state index contributed by atoms with van der Waals surface area (Å²) >= 11 is 0.